The molecule has 0 aromatic heterocycles. The van der Waals surface area contributed by atoms with Crippen LogP contribution in [0, 0.1) is 17.8 Å². The van der Waals surface area contributed by atoms with Crippen molar-refractivity contribution in [2.24, 2.45) is 27.7 Å². The molecule has 0 aromatic rings. The van der Waals surface area contributed by atoms with Gasteiger partial charge in [0.2, 0.25) is 12.2 Å². The van der Waals surface area contributed by atoms with E-state index in [1.807, 2.05) is 13.0 Å². The number of alkyl halides is 1. The average Bonchev–Trinajstić information content (AvgIpc) is 3.25. The summed E-state index contributed by atoms with van der Waals surface area (Å²) >= 11 is 2.22. The molecule has 0 amide bonds. The Labute approximate surface area is 146 Å². The van der Waals surface area contributed by atoms with E-state index in [0.29, 0.717) is 17.8 Å². The first-order valence-corrected chi connectivity index (χ1v) is 8.88. The van der Waals surface area contributed by atoms with Gasteiger partial charge in [-0.2, -0.15) is 9.98 Å². The van der Waals surface area contributed by atoms with Crippen LogP contribution in [-0.2, 0) is 9.59 Å². The number of isocyanates is 2. The van der Waals surface area contributed by atoms with Gasteiger partial charge in [0.05, 0.1) is 0 Å². The lowest BCUT2D eigenvalue weighted by atomic mass is 9.93. The third-order valence-electron chi connectivity index (χ3n) is 4.12. The summed E-state index contributed by atoms with van der Waals surface area (Å²) in [6.45, 7) is 6.15. The fraction of sp³-hybridized carbons (Fsp3) is 0.647. The van der Waals surface area contributed by atoms with Gasteiger partial charge in [-0.1, -0.05) is 47.2 Å². The van der Waals surface area contributed by atoms with Gasteiger partial charge in [-0.25, -0.2) is 9.59 Å². The number of halogens is 1. The van der Waals surface area contributed by atoms with E-state index in [-0.39, 0.29) is 4.05 Å². The Morgan fingerprint density at radius 2 is 2.14 bits per heavy atom. The predicted octanol–water partition coefficient (Wildman–Crippen LogP) is 4.71. The Hall–Kier alpha value is -1.03. The summed E-state index contributed by atoms with van der Waals surface area (Å²) in [4.78, 5) is 27.9. The minimum atomic E-state index is 0.0529. The molecule has 0 spiro atoms. The van der Waals surface area contributed by atoms with Gasteiger partial charge < -0.3 is 0 Å². The van der Waals surface area contributed by atoms with Gasteiger partial charge >= 0.3 is 0 Å². The first-order chi connectivity index (χ1) is 10.5. The van der Waals surface area contributed by atoms with Crippen molar-refractivity contribution in [3.05, 3.63) is 23.4 Å². The lowest BCUT2D eigenvalue weighted by Crippen LogP contribution is -2.03. The van der Waals surface area contributed by atoms with Crippen LogP contribution >= 0.6 is 22.6 Å². The summed E-state index contributed by atoms with van der Waals surface area (Å²) in [6, 6.07) is 0. The third kappa shape index (κ3) is 6.39. The molecule has 0 N–H and O–H groups in total. The van der Waals surface area contributed by atoms with Gasteiger partial charge in [-0.15, -0.1) is 0 Å². The van der Waals surface area contributed by atoms with Crippen LogP contribution in [0.3, 0.4) is 0 Å². The molecular formula is C17H23IN2O2. The first kappa shape index (κ1) is 19.0. The Morgan fingerprint density at radius 1 is 1.41 bits per heavy atom. The van der Waals surface area contributed by atoms with E-state index in [0.717, 1.165) is 31.4 Å². The van der Waals surface area contributed by atoms with Crippen LogP contribution in [0.4, 0.5) is 0 Å². The highest BCUT2D eigenvalue weighted by Gasteiger charge is 2.44. The highest BCUT2D eigenvalue weighted by atomic mass is 127. The largest absolute Gasteiger partial charge is 0.240 e. The van der Waals surface area contributed by atoms with Crippen molar-refractivity contribution in [3.8, 4) is 0 Å². The molecule has 0 bridgehead atoms. The highest BCUT2D eigenvalue weighted by molar-refractivity contribution is 14.1. The molecule has 1 rings (SSSR count). The van der Waals surface area contributed by atoms with Gasteiger partial charge in [0.15, 0.2) is 0 Å². The van der Waals surface area contributed by atoms with Crippen LogP contribution in [0.1, 0.15) is 46.5 Å². The molecule has 2 unspecified atom stereocenters. The van der Waals surface area contributed by atoms with Crippen LogP contribution < -0.4 is 0 Å². The minimum absolute atomic E-state index is 0.0529. The summed E-state index contributed by atoms with van der Waals surface area (Å²) in [7, 11) is 0. The Bertz CT molecular complexity index is 529. The second-order valence-electron chi connectivity index (χ2n) is 5.90. The maximum Gasteiger partial charge on any atom is 0.240 e. The van der Waals surface area contributed by atoms with Crippen LogP contribution in [0.2, 0.25) is 0 Å². The molecule has 0 aliphatic heterocycles. The van der Waals surface area contributed by atoms with Gasteiger partial charge in [0.1, 0.15) is 4.05 Å². The summed E-state index contributed by atoms with van der Waals surface area (Å²) in [5.74, 6) is 1.65. The van der Waals surface area contributed by atoms with E-state index in [2.05, 4.69) is 52.5 Å². The molecule has 0 heterocycles. The Balaban J connectivity index is 2.43. The predicted molar refractivity (Wildman–Crippen MR) is 96.2 cm³/mol. The highest BCUT2D eigenvalue weighted by Crippen LogP contribution is 2.50. The molecule has 1 fully saturated rings. The van der Waals surface area contributed by atoms with Crippen molar-refractivity contribution >= 4 is 34.8 Å². The summed E-state index contributed by atoms with van der Waals surface area (Å²) in [6.07, 6.45) is 11.6. The van der Waals surface area contributed by atoms with E-state index in [1.54, 1.807) is 12.2 Å². The monoisotopic (exact) mass is 414 g/mol. The number of allylic oxidation sites excluding steroid dienone is 4. The smallest absolute Gasteiger partial charge is 0.211 e. The Morgan fingerprint density at radius 3 is 2.73 bits per heavy atom. The quantitative estimate of drug-likeness (QED) is 0.137. The first-order valence-electron chi connectivity index (χ1n) is 7.64. The molecule has 0 aromatic carbocycles. The molecule has 4 nitrogen and oxygen atoms in total. The topological polar surface area (TPSA) is 58.9 Å². The molecule has 22 heavy (non-hydrogen) atoms. The summed E-state index contributed by atoms with van der Waals surface area (Å²) in [5.41, 5.74) is 2.21. The maximum absolute atomic E-state index is 10.3. The lowest BCUT2D eigenvalue weighted by molar-refractivity contribution is 0.516. The van der Waals surface area contributed by atoms with Crippen molar-refractivity contribution in [2.45, 2.75) is 50.5 Å². The SMILES string of the molecule is C/C=C(/CC(C)CC/C=C(\C)N=C=O)[C@@H]1CC1[C@@H](I)N=C=O. The van der Waals surface area contributed by atoms with Gasteiger partial charge in [0.25, 0.3) is 0 Å². The fourth-order valence-electron chi connectivity index (χ4n) is 2.77. The fourth-order valence-corrected chi connectivity index (χ4v) is 3.68. The number of aliphatic imine (C=N–C) groups is 2. The second kappa shape index (κ2) is 9.88. The molecule has 5 heteroatoms. The molecule has 4 atom stereocenters. The number of hydrogen-bond donors (Lipinski definition) is 0. The van der Waals surface area contributed by atoms with Crippen molar-refractivity contribution in [1.29, 1.82) is 0 Å². The van der Waals surface area contributed by atoms with E-state index in [4.69, 9.17) is 0 Å². The van der Waals surface area contributed by atoms with Gasteiger partial charge in [0, 0.05) is 5.70 Å². The van der Waals surface area contributed by atoms with E-state index >= 15 is 0 Å². The molecule has 1 saturated carbocycles. The normalized spacial score (nSPS) is 24.0. The zero-order valence-electron chi connectivity index (χ0n) is 13.4. The summed E-state index contributed by atoms with van der Waals surface area (Å²) < 4.78 is 0.0529. The average molecular weight is 414 g/mol. The maximum atomic E-state index is 10.3. The van der Waals surface area contributed by atoms with Crippen molar-refractivity contribution in [1.82, 2.24) is 0 Å². The van der Waals surface area contributed by atoms with Crippen LogP contribution in [-0.4, -0.2) is 16.2 Å². The molecule has 0 radical (unpaired) electrons. The number of hydrogen-bond acceptors (Lipinski definition) is 4. The van der Waals surface area contributed by atoms with Crippen molar-refractivity contribution in [2.75, 3.05) is 0 Å². The summed E-state index contributed by atoms with van der Waals surface area (Å²) in [5, 5.41) is 0. The van der Waals surface area contributed by atoms with E-state index in [1.165, 1.54) is 5.57 Å². The van der Waals surface area contributed by atoms with Crippen LogP contribution in [0.5, 0.6) is 0 Å². The number of carbonyl (C=O) groups excluding carboxylic acids is 2. The second-order valence-corrected chi connectivity index (χ2v) is 7.17. The minimum Gasteiger partial charge on any atom is -0.211 e. The number of nitrogens with zero attached hydrogens (tertiary/aromatic N) is 2. The molecule has 0 saturated heterocycles. The zero-order chi connectivity index (χ0) is 16.5. The molecule has 120 valence electrons. The number of rotatable bonds is 9. The van der Waals surface area contributed by atoms with E-state index in [9.17, 15) is 9.59 Å². The molecule has 1 aliphatic rings. The third-order valence-corrected chi connectivity index (χ3v) is 5.32. The van der Waals surface area contributed by atoms with Crippen LogP contribution in [0.15, 0.2) is 33.4 Å². The standard InChI is InChI=1S/C17H23IN2O2/c1-4-14(15-9-16(15)17(18)20-11-22)8-12(2)6-5-7-13(3)19-10-21/h4,7,12,15-17H,5-6,8-9H2,1-3H3/b13-7+,14-4-/t12?,15-,16?,17-/m0/s1. The van der Waals surface area contributed by atoms with Crippen molar-refractivity contribution < 1.29 is 9.59 Å². The van der Waals surface area contributed by atoms with Gasteiger partial charge in [-0.05, 0) is 57.3 Å². The lowest BCUT2D eigenvalue weighted by Gasteiger charge is -2.14. The molecule has 1 aliphatic carbocycles. The Kier molecular flexibility index (Phi) is 8.54. The van der Waals surface area contributed by atoms with Crippen LogP contribution in [0.25, 0.3) is 0 Å². The van der Waals surface area contributed by atoms with E-state index < -0.39 is 0 Å². The zero-order valence-corrected chi connectivity index (χ0v) is 15.5. The van der Waals surface area contributed by atoms with Crippen molar-refractivity contribution in [3.63, 3.8) is 0 Å². The van der Waals surface area contributed by atoms with Gasteiger partial charge in [-0.3, -0.25) is 0 Å². The molecular weight excluding hydrogens is 391 g/mol.